The van der Waals surface area contributed by atoms with E-state index < -0.39 is 0 Å². The molecule has 146 valence electrons. The molecule has 1 fully saturated rings. The lowest BCUT2D eigenvalue weighted by molar-refractivity contribution is 0.122. The van der Waals surface area contributed by atoms with Gasteiger partial charge in [-0.15, -0.1) is 0 Å². The number of guanidine groups is 1. The van der Waals surface area contributed by atoms with Crippen molar-refractivity contribution < 1.29 is 9.13 Å². The molecule has 0 amide bonds. The summed E-state index contributed by atoms with van der Waals surface area (Å²) < 4.78 is 21.7. The average molecular weight is 374 g/mol. The first-order valence-electron chi connectivity index (χ1n) is 9.27. The van der Waals surface area contributed by atoms with E-state index in [1.807, 2.05) is 41.8 Å². The van der Waals surface area contributed by atoms with Gasteiger partial charge in [-0.1, -0.05) is 6.07 Å². The number of anilines is 1. The number of aromatic nitrogens is 2. The number of aliphatic imine (C=N–C) groups is 1. The Balaban J connectivity index is 1.62. The fourth-order valence-electron chi connectivity index (χ4n) is 2.97. The SMILES string of the molecule is CCNC(=NCc1ccc(N2CCOCC2)c(F)c1)NCc1ccnn1C. The van der Waals surface area contributed by atoms with Crippen LogP contribution in [-0.2, 0) is 24.9 Å². The van der Waals surface area contributed by atoms with Crippen molar-refractivity contribution in [3.05, 3.63) is 47.5 Å². The Morgan fingerprint density at radius 2 is 2.07 bits per heavy atom. The number of halogens is 1. The summed E-state index contributed by atoms with van der Waals surface area (Å²) in [6.45, 7) is 6.50. The summed E-state index contributed by atoms with van der Waals surface area (Å²) in [7, 11) is 1.90. The van der Waals surface area contributed by atoms with Crippen LogP contribution < -0.4 is 15.5 Å². The highest BCUT2D eigenvalue weighted by atomic mass is 19.1. The Bertz CT molecular complexity index is 769. The van der Waals surface area contributed by atoms with E-state index in [1.54, 1.807) is 12.3 Å². The minimum absolute atomic E-state index is 0.211. The standard InChI is InChI=1S/C19H27FN6O/c1-3-21-19(23-14-16-6-7-24-25(16)2)22-13-15-4-5-18(17(20)12-15)26-8-10-27-11-9-26/h4-7,12H,3,8-11,13-14H2,1-2H3,(H2,21,22,23). The average Bonchev–Trinajstić information content (AvgIpc) is 3.09. The molecule has 0 saturated carbocycles. The fraction of sp³-hybridized carbons (Fsp3) is 0.474. The maximum atomic E-state index is 14.5. The molecule has 0 atom stereocenters. The molecule has 0 spiro atoms. The van der Waals surface area contributed by atoms with Gasteiger partial charge in [0.25, 0.3) is 0 Å². The zero-order chi connectivity index (χ0) is 19.1. The van der Waals surface area contributed by atoms with E-state index in [0.717, 1.165) is 30.9 Å². The van der Waals surface area contributed by atoms with Gasteiger partial charge in [0, 0.05) is 32.9 Å². The van der Waals surface area contributed by atoms with Gasteiger partial charge in [-0.25, -0.2) is 9.38 Å². The third-order valence-electron chi connectivity index (χ3n) is 4.49. The van der Waals surface area contributed by atoms with Crippen molar-refractivity contribution in [2.24, 2.45) is 12.0 Å². The molecular weight excluding hydrogens is 347 g/mol. The van der Waals surface area contributed by atoms with Gasteiger partial charge in [0.1, 0.15) is 5.82 Å². The van der Waals surface area contributed by atoms with Gasteiger partial charge in [-0.05, 0) is 30.7 Å². The summed E-state index contributed by atoms with van der Waals surface area (Å²) in [5.74, 6) is 0.480. The second-order valence-corrected chi connectivity index (χ2v) is 6.38. The van der Waals surface area contributed by atoms with Crippen LogP contribution in [0.4, 0.5) is 10.1 Å². The second kappa shape index (κ2) is 9.36. The summed E-state index contributed by atoms with van der Waals surface area (Å²) in [5, 5.41) is 10.6. The minimum Gasteiger partial charge on any atom is -0.378 e. The highest BCUT2D eigenvalue weighted by Crippen LogP contribution is 2.21. The number of benzene rings is 1. The van der Waals surface area contributed by atoms with Crippen molar-refractivity contribution in [2.75, 3.05) is 37.7 Å². The van der Waals surface area contributed by atoms with Gasteiger partial charge >= 0.3 is 0 Å². The first-order valence-corrected chi connectivity index (χ1v) is 9.27. The van der Waals surface area contributed by atoms with Crippen LogP contribution in [-0.4, -0.2) is 48.6 Å². The predicted octanol–water partition coefficient (Wildman–Crippen LogP) is 1.65. The van der Waals surface area contributed by atoms with E-state index >= 15 is 0 Å². The Morgan fingerprint density at radius 3 is 2.74 bits per heavy atom. The van der Waals surface area contributed by atoms with Crippen LogP contribution in [0.1, 0.15) is 18.2 Å². The molecular formula is C19H27FN6O. The molecule has 1 aromatic carbocycles. The van der Waals surface area contributed by atoms with E-state index in [4.69, 9.17) is 4.74 Å². The molecule has 2 aromatic rings. The van der Waals surface area contributed by atoms with Crippen LogP contribution in [0.15, 0.2) is 35.5 Å². The van der Waals surface area contributed by atoms with Crippen LogP contribution in [0.3, 0.4) is 0 Å². The van der Waals surface area contributed by atoms with Gasteiger partial charge in [0.05, 0.1) is 37.7 Å². The number of hydrogen-bond donors (Lipinski definition) is 2. The molecule has 8 heteroatoms. The third-order valence-corrected chi connectivity index (χ3v) is 4.49. The van der Waals surface area contributed by atoms with E-state index in [2.05, 4.69) is 20.7 Å². The van der Waals surface area contributed by atoms with Gasteiger partial charge in [0.15, 0.2) is 5.96 Å². The van der Waals surface area contributed by atoms with E-state index in [9.17, 15) is 4.39 Å². The smallest absolute Gasteiger partial charge is 0.191 e. The zero-order valence-electron chi connectivity index (χ0n) is 15.9. The molecule has 7 nitrogen and oxygen atoms in total. The number of nitrogens with zero attached hydrogens (tertiary/aromatic N) is 4. The van der Waals surface area contributed by atoms with Crippen molar-refractivity contribution in [3.63, 3.8) is 0 Å². The van der Waals surface area contributed by atoms with Crippen LogP contribution in [0, 0.1) is 5.82 Å². The van der Waals surface area contributed by atoms with Crippen LogP contribution in [0.25, 0.3) is 0 Å². The Hall–Kier alpha value is -2.61. The molecule has 1 aromatic heterocycles. The Labute approximate surface area is 159 Å². The van der Waals surface area contributed by atoms with E-state index in [1.165, 1.54) is 0 Å². The number of ether oxygens (including phenoxy) is 1. The third kappa shape index (κ3) is 5.19. The number of nitrogens with one attached hydrogen (secondary N) is 2. The molecule has 0 aliphatic carbocycles. The first kappa shape index (κ1) is 19.2. The number of rotatable bonds is 6. The second-order valence-electron chi connectivity index (χ2n) is 6.38. The minimum atomic E-state index is -0.211. The lowest BCUT2D eigenvalue weighted by Crippen LogP contribution is -2.37. The summed E-state index contributed by atoms with van der Waals surface area (Å²) in [4.78, 5) is 6.58. The van der Waals surface area contributed by atoms with E-state index in [-0.39, 0.29) is 5.82 Å². The monoisotopic (exact) mass is 374 g/mol. The fourth-order valence-corrected chi connectivity index (χ4v) is 2.97. The van der Waals surface area contributed by atoms with Gasteiger partial charge in [0.2, 0.25) is 0 Å². The highest BCUT2D eigenvalue weighted by molar-refractivity contribution is 5.79. The van der Waals surface area contributed by atoms with E-state index in [0.29, 0.717) is 38.0 Å². The van der Waals surface area contributed by atoms with Crippen molar-refractivity contribution >= 4 is 11.6 Å². The lowest BCUT2D eigenvalue weighted by atomic mass is 10.1. The van der Waals surface area contributed by atoms with Gasteiger partial charge < -0.3 is 20.3 Å². The number of morpholine rings is 1. The summed E-state index contributed by atoms with van der Waals surface area (Å²) in [5.41, 5.74) is 2.52. The van der Waals surface area contributed by atoms with Crippen molar-refractivity contribution in [1.82, 2.24) is 20.4 Å². The first-order chi connectivity index (χ1) is 13.2. The molecule has 1 saturated heterocycles. The molecule has 1 aliphatic rings. The predicted molar refractivity (Wildman–Crippen MR) is 104 cm³/mol. The molecule has 0 radical (unpaired) electrons. The largest absolute Gasteiger partial charge is 0.378 e. The Morgan fingerprint density at radius 1 is 1.26 bits per heavy atom. The molecule has 2 N–H and O–H groups in total. The van der Waals surface area contributed by atoms with Gasteiger partial charge in [-0.3, -0.25) is 4.68 Å². The van der Waals surface area contributed by atoms with Crippen molar-refractivity contribution in [3.8, 4) is 0 Å². The van der Waals surface area contributed by atoms with Crippen molar-refractivity contribution in [1.29, 1.82) is 0 Å². The zero-order valence-corrected chi connectivity index (χ0v) is 15.9. The quantitative estimate of drug-likeness (QED) is 0.595. The van der Waals surface area contributed by atoms with Gasteiger partial charge in [-0.2, -0.15) is 5.10 Å². The maximum absolute atomic E-state index is 14.5. The summed E-state index contributed by atoms with van der Waals surface area (Å²) >= 11 is 0. The topological polar surface area (TPSA) is 66.7 Å². The molecule has 1 aliphatic heterocycles. The summed E-state index contributed by atoms with van der Waals surface area (Å²) in [6.07, 6.45) is 1.76. The molecule has 27 heavy (non-hydrogen) atoms. The normalized spacial score (nSPS) is 15.1. The van der Waals surface area contributed by atoms with Crippen LogP contribution >= 0.6 is 0 Å². The molecule has 0 bridgehead atoms. The summed E-state index contributed by atoms with van der Waals surface area (Å²) in [6, 6.07) is 7.29. The number of aryl methyl sites for hydroxylation is 1. The Kier molecular flexibility index (Phi) is 6.64. The van der Waals surface area contributed by atoms with Crippen molar-refractivity contribution in [2.45, 2.75) is 20.0 Å². The lowest BCUT2D eigenvalue weighted by Gasteiger charge is -2.29. The molecule has 0 unspecified atom stereocenters. The van der Waals surface area contributed by atoms with Crippen LogP contribution in [0.5, 0.6) is 0 Å². The maximum Gasteiger partial charge on any atom is 0.191 e. The van der Waals surface area contributed by atoms with Crippen LogP contribution in [0.2, 0.25) is 0 Å². The molecule has 3 rings (SSSR count). The highest BCUT2D eigenvalue weighted by Gasteiger charge is 2.15. The molecule has 2 heterocycles. The number of hydrogen-bond acceptors (Lipinski definition) is 4.